The molecule has 0 saturated heterocycles. The Morgan fingerprint density at radius 2 is 1.97 bits per heavy atom. The molecule has 1 aromatic carbocycles. The summed E-state index contributed by atoms with van der Waals surface area (Å²) < 4.78 is 4.48. The summed E-state index contributed by atoms with van der Waals surface area (Å²) >= 11 is 5.11. The first kappa shape index (κ1) is 20.6. The maximum absolute atomic E-state index is 12.7. The Balaban J connectivity index is 1.31. The third-order valence-electron chi connectivity index (χ3n) is 5.05. The van der Waals surface area contributed by atoms with Gasteiger partial charge in [-0.1, -0.05) is 34.1 Å². The van der Waals surface area contributed by atoms with Gasteiger partial charge in [0, 0.05) is 33.4 Å². The summed E-state index contributed by atoms with van der Waals surface area (Å²) in [6.07, 6.45) is 3.61. The molecule has 160 valence electrons. The van der Waals surface area contributed by atoms with Gasteiger partial charge in [-0.3, -0.25) is 9.48 Å². The highest BCUT2D eigenvalue weighted by molar-refractivity contribution is 9.10. The van der Waals surface area contributed by atoms with Crippen LogP contribution in [0.4, 0.5) is 5.82 Å². The van der Waals surface area contributed by atoms with E-state index in [1.165, 1.54) is 0 Å². The van der Waals surface area contributed by atoms with E-state index in [1.54, 1.807) is 33.0 Å². The smallest absolute Gasteiger partial charge is 0.247 e. The van der Waals surface area contributed by atoms with Gasteiger partial charge in [-0.15, -0.1) is 11.3 Å². The van der Waals surface area contributed by atoms with Gasteiger partial charge in [-0.05, 0) is 42.1 Å². The number of benzene rings is 1. The summed E-state index contributed by atoms with van der Waals surface area (Å²) in [5, 5.41) is 14.9. The Bertz CT molecular complexity index is 1390. The number of hydrogen-bond donors (Lipinski definition) is 1. The molecule has 1 N–H and O–H groups in total. The number of aromatic nitrogens is 5. The topological polar surface area (TPSA) is 77.6 Å². The maximum Gasteiger partial charge on any atom is 0.247 e. The van der Waals surface area contributed by atoms with Crippen molar-refractivity contribution in [1.82, 2.24) is 24.5 Å². The number of aryl methyl sites for hydroxylation is 1. The van der Waals surface area contributed by atoms with E-state index in [2.05, 4.69) is 42.5 Å². The standard InChI is InChI=1S/C23H19BrN6OS/c1-15-22-18(19-3-2-12-32-19)8-10-25-23(22)30(27-15)14-21(31)26-20-9-11-29(28-20)13-16-4-6-17(24)7-5-16/h2-12H,13-14H2,1H3,(H,26,28,31). The minimum absolute atomic E-state index is 0.0603. The number of thiophene rings is 1. The third-order valence-corrected chi connectivity index (χ3v) is 6.49. The molecule has 32 heavy (non-hydrogen) atoms. The van der Waals surface area contributed by atoms with Crippen LogP contribution in [0, 0.1) is 6.92 Å². The molecule has 7 nitrogen and oxygen atoms in total. The summed E-state index contributed by atoms with van der Waals surface area (Å²) in [5.41, 5.74) is 3.76. The summed E-state index contributed by atoms with van der Waals surface area (Å²) in [5.74, 6) is 0.305. The summed E-state index contributed by atoms with van der Waals surface area (Å²) in [7, 11) is 0. The molecular weight excluding hydrogens is 488 g/mol. The molecule has 5 aromatic rings. The van der Waals surface area contributed by atoms with Gasteiger partial charge in [-0.25, -0.2) is 9.67 Å². The zero-order valence-electron chi connectivity index (χ0n) is 17.2. The molecule has 0 aliphatic carbocycles. The molecule has 0 atom stereocenters. The lowest BCUT2D eigenvalue weighted by molar-refractivity contribution is -0.116. The lowest BCUT2D eigenvalue weighted by atomic mass is 10.1. The predicted octanol–water partition coefficient (Wildman–Crippen LogP) is 5.11. The largest absolute Gasteiger partial charge is 0.308 e. The maximum atomic E-state index is 12.7. The zero-order chi connectivity index (χ0) is 22.1. The predicted molar refractivity (Wildman–Crippen MR) is 130 cm³/mol. The summed E-state index contributed by atoms with van der Waals surface area (Å²) in [4.78, 5) is 18.3. The van der Waals surface area contributed by atoms with Gasteiger partial charge < -0.3 is 5.32 Å². The molecule has 0 unspecified atom stereocenters. The van der Waals surface area contributed by atoms with Crippen LogP contribution >= 0.6 is 27.3 Å². The Hall–Kier alpha value is -3.30. The number of amides is 1. The van der Waals surface area contributed by atoms with Crippen LogP contribution in [0.1, 0.15) is 11.3 Å². The second-order valence-electron chi connectivity index (χ2n) is 7.35. The quantitative estimate of drug-likeness (QED) is 0.346. The van der Waals surface area contributed by atoms with E-state index < -0.39 is 0 Å². The Morgan fingerprint density at radius 3 is 2.75 bits per heavy atom. The number of nitrogens with one attached hydrogen (secondary N) is 1. The fourth-order valence-corrected chi connectivity index (χ4v) is 4.66. The minimum Gasteiger partial charge on any atom is -0.308 e. The van der Waals surface area contributed by atoms with Gasteiger partial charge in [-0.2, -0.15) is 10.2 Å². The van der Waals surface area contributed by atoms with Gasteiger partial charge in [0.2, 0.25) is 5.91 Å². The highest BCUT2D eigenvalue weighted by atomic mass is 79.9. The van der Waals surface area contributed by atoms with E-state index in [-0.39, 0.29) is 12.5 Å². The average molecular weight is 507 g/mol. The van der Waals surface area contributed by atoms with Crippen molar-refractivity contribution in [3.8, 4) is 10.4 Å². The van der Waals surface area contributed by atoms with E-state index in [0.717, 1.165) is 31.6 Å². The first-order valence-corrected chi connectivity index (χ1v) is 11.7. The van der Waals surface area contributed by atoms with Crippen LogP contribution in [0.15, 0.2) is 70.8 Å². The first-order chi connectivity index (χ1) is 15.6. The van der Waals surface area contributed by atoms with E-state index in [4.69, 9.17) is 0 Å². The minimum atomic E-state index is -0.202. The Kier molecular flexibility index (Phi) is 5.59. The van der Waals surface area contributed by atoms with E-state index in [0.29, 0.717) is 18.0 Å². The lowest BCUT2D eigenvalue weighted by Gasteiger charge is -2.05. The number of carbonyl (C=O) groups excluding carboxylic acids is 1. The molecule has 0 fully saturated rings. The highest BCUT2D eigenvalue weighted by Crippen LogP contribution is 2.32. The van der Waals surface area contributed by atoms with Gasteiger partial charge in [0.1, 0.15) is 6.54 Å². The van der Waals surface area contributed by atoms with E-state index >= 15 is 0 Å². The number of halogens is 1. The van der Waals surface area contributed by atoms with Gasteiger partial charge in [0.05, 0.1) is 17.6 Å². The SMILES string of the molecule is Cc1nn(CC(=O)Nc2ccn(Cc3ccc(Br)cc3)n2)c2nccc(-c3cccs3)c12. The second-order valence-corrected chi connectivity index (χ2v) is 9.21. The van der Waals surface area contributed by atoms with Crippen LogP contribution in [0.5, 0.6) is 0 Å². The van der Waals surface area contributed by atoms with Crippen molar-refractivity contribution in [2.24, 2.45) is 0 Å². The number of carbonyl (C=O) groups is 1. The molecule has 0 bridgehead atoms. The molecule has 0 radical (unpaired) electrons. The summed E-state index contributed by atoms with van der Waals surface area (Å²) in [6, 6.07) is 15.9. The van der Waals surface area contributed by atoms with Crippen molar-refractivity contribution < 1.29 is 4.79 Å². The Labute approximate surface area is 196 Å². The van der Waals surface area contributed by atoms with Crippen LogP contribution in [0.3, 0.4) is 0 Å². The number of anilines is 1. The van der Waals surface area contributed by atoms with Gasteiger partial charge >= 0.3 is 0 Å². The lowest BCUT2D eigenvalue weighted by Crippen LogP contribution is -2.20. The molecule has 4 aromatic heterocycles. The monoisotopic (exact) mass is 506 g/mol. The molecule has 1 amide bonds. The molecule has 0 aliphatic rings. The molecule has 4 heterocycles. The van der Waals surface area contributed by atoms with Crippen molar-refractivity contribution in [1.29, 1.82) is 0 Å². The van der Waals surface area contributed by atoms with Gasteiger partial charge in [0.25, 0.3) is 0 Å². The van der Waals surface area contributed by atoms with Crippen LogP contribution in [-0.4, -0.2) is 30.5 Å². The molecular formula is C23H19BrN6OS. The van der Waals surface area contributed by atoms with Crippen LogP contribution in [-0.2, 0) is 17.9 Å². The fourth-order valence-electron chi connectivity index (χ4n) is 3.64. The van der Waals surface area contributed by atoms with Crippen molar-refractivity contribution in [2.45, 2.75) is 20.0 Å². The van der Waals surface area contributed by atoms with Crippen LogP contribution in [0.25, 0.3) is 21.5 Å². The molecule has 9 heteroatoms. The normalized spacial score (nSPS) is 11.2. The van der Waals surface area contributed by atoms with Crippen LogP contribution in [0.2, 0.25) is 0 Å². The highest BCUT2D eigenvalue weighted by Gasteiger charge is 2.16. The second kappa shape index (κ2) is 8.68. The third kappa shape index (κ3) is 4.21. The van der Waals surface area contributed by atoms with Gasteiger partial charge in [0.15, 0.2) is 11.5 Å². The number of pyridine rings is 1. The fraction of sp³-hybridized carbons (Fsp3) is 0.130. The molecule has 0 saturated carbocycles. The van der Waals surface area contributed by atoms with E-state index in [9.17, 15) is 4.79 Å². The number of fused-ring (bicyclic) bond motifs is 1. The average Bonchev–Trinajstić information content (AvgIpc) is 3.52. The van der Waals surface area contributed by atoms with Crippen LogP contribution < -0.4 is 5.32 Å². The van der Waals surface area contributed by atoms with E-state index in [1.807, 2.05) is 54.9 Å². The van der Waals surface area contributed by atoms with Crippen molar-refractivity contribution >= 4 is 50.0 Å². The molecule has 5 rings (SSSR count). The number of rotatable bonds is 6. The zero-order valence-corrected chi connectivity index (χ0v) is 19.6. The van der Waals surface area contributed by atoms with Crippen molar-refractivity contribution in [3.05, 3.63) is 82.0 Å². The summed E-state index contributed by atoms with van der Waals surface area (Å²) in [6.45, 7) is 2.63. The molecule has 0 aliphatic heterocycles. The Morgan fingerprint density at radius 1 is 1.12 bits per heavy atom. The first-order valence-electron chi connectivity index (χ1n) is 10.0. The number of hydrogen-bond acceptors (Lipinski definition) is 5. The van der Waals surface area contributed by atoms with Crippen molar-refractivity contribution in [2.75, 3.05) is 5.32 Å². The molecule has 0 spiro atoms. The number of nitrogens with zero attached hydrogens (tertiary/aromatic N) is 5. The van der Waals surface area contributed by atoms with Crippen molar-refractivity contribution in [3.63, 3.8) is 0 Å².